The molecule has 26 heavy (non-hydrogen) atoms. The van der Waals surface area contributed by atoms with Crippen LogP contribution in [0, 0.1) is 5.92 Å². The lowest BCUT2D eigenvalue weighted by atomic mass is 9.94. The van der Waals surface area contributed by atoms with Crippen LogP contribution >= 0.6 is 0 Å². The molecule has 3 rings (SSSR count). The van der Waals surface area contributed by atoms with Gasteiger partial charge in [-0.15, -0.1) is 0 Å². The van der Waals surface area contributed by atoms with E-state index in [9.17, 15) is 9.59 Å². The van der Waals surface area contributed by atoms with E-state index in [1.807, 2.05) is 52.9 Å². The molecule has 1 unspecified atom stereocenters. The number of ether oxygens (including phenoxy) is 2. The van der Waals surface area contributed by atoms with E-state index in [0.29, 0.717) is 32.0 Å². The third-order valence-corrected chi connectivity index (χ3v) is 4.51. The van der Waals surface area contributed by atoms with Crippen LogP contribution in [0.2, 0.25) is 0 Å². The second kappa shape index (κ2) is 8.19. The van der Waals surface area contributed by atoms with E-state index in [-0.39, 0.29) is 12.4 Å². The number of carbonyl (C=O) groups is 2. The summed E-state index contributed by atoms with van der Waals surface area (Å²) in [7, 11) is 0. The molecule has 6 heteroatoms. The average Bonchev–Trinajstić information content (AvgIpc) is 3.08. The number of benzene rings is 1. The number of hydrogen-bond donors (Lipinski definition) is 0. The van der Waals surface area contributed by atoms with Gasteiger partial charge in [-0.05, 0) is 25.5 Å². The van der Waals surface area contributed by atoms with Crippen LogP contribution in [0.1, 0.15) is 29.8 Å². The maximum Gasteiger partial charge on any atom is 0.318 e. The van der Waals surface area contributed by atoms with Gasteiger partial charge in [-0.3, -0.25) is 9.59 Å². The lowest BCUT2D eigenvalue weighted by Gasteiger charge is -2.33. The van der Waals surface area contributed by atoms with Gasteiger partial charge in [-0.2, -0.15) is 0 Å². The lowest BCUT2D eigenvalue weighted by Crippen LogP contribution is -2.44. The highest BCUT2D eigenvalue weighted by Gasteiger charge is 2.38. The molecule has 1 aromatic carbocycles. The first-order valence-corrected chi connectivity index (χ1v) is 8.92. The monoisotopic (exact) mass is 356 g/mol. The summed E-state index contributed by atoms with van der Waals surface area (Å²) in [5, 5.41) is 0. The fourth-order valence-corrected chi connectivity index (χ4v) is 3.23. The minimum absolute atomic E-state index is 0.176. The predicted octanol–water partition coefficient (Wildman–Crippen LogP) is 2.86. The van der Waals surface area contributed by atoms with Crippen molar-refractivity contribution in [3.05, 3.63) is 53.7 Å². The molecule has 0 saturated carbocycles. The number of hydrogen-bond acceptors (Lipinski definition) is 5. The maximum absolute atomic E-state index is 12.7. The van der Waals surface area contributed by atoms with Gasteiger partial charge in [0.25, 0.3) is 0 Å². The van der Waals surface area contributed by atoms with E-state index in [1.165, 1.54) is 0 Å². The molecule has 1 atom stereocenters. The molecule has 1 aliphatic heterocycles. The molecule has 2 heterocycles. The van der Waals surface area contributed by atoms with Crippen molar-refractivity contribution in [1.82, 2.24) is 4.57 Å². The molecule has 0 amide bonds. The standard InChI is InChI=1S/C20H24N2O4/c1-3-21-12-17(20(24)26-4-2)18(23)16-10-11-22(19(16)21)14-25-13-15-8-6-5-7-9-15/h5-11,17H,3-4,12-14H2,1-2H3. The molecule has 0 fully saturated rings. The van der Waals surface area contributed by atoms with Crippen LogP contribution in [-0.2, 0) is 27.6 Å². The smallest absolute Gasteiger partial charge is 0.318 e. The summed E-state index contributed by atoms with van der Waals surface area (Å²) in [6, 6.07) is 11.7. The Labute approximate surface area is 153 Å². The fourth-order valence-electron chi connectivity index (χ4n) is 3.23. The van der Waals surface area contributed by atoms with Crippen LogP contribution < -0.4 is 4.90 Å². The Balaban J connectivity index is 1.74. The molecule has 0 bridgehead atoms. The number of anilines is 1. The first-order valence-electron chi connectivity index (χ1n) is 8.92. The highest BCUT2D eigenvalue weighted by Crippen LogP contribution is 2.31. The van der Waals surface area contributed by atoms with Gasteiger partial charge in [0.15, 0.2) is 5.78 Å². The number of carbonyl (C=O) groups excluding carboxylic acids is 2. The van der Waals surface area contributed by atoms with Gasteiger partial charge in [-0.1, -0.05) is 30.3 Å². The normalized spacial score (nSPS) is 16.5. The quantitative estimate of drug-likeness (QED) is 0.564. The van der Waals surface area contributed by atoms with Gasteiger partial charge >= 0.3 is 5.97 Å². The van der Waals surface area contributed by atoms with Crippen molar-refractivity contribution in [3.8, 4) is 0 Å². The molecule has 0 aliphatic carbocycles. The molecule has 138 valence electrons. The summed E-state index contributed by atoms with van der Waals surface area (Å²) in [5.74, 6) is -0.575. The molecule has 0 saturated heterocycles. The minimum atomic E-state index is -0.761. The third-order valence-electron chi connectivity index (χ3n) is 4.51. The van der Waals surface area contributed by atoms with Gasteiger partial charge in [0, 0.05) is 19.3 Å². The number of fused-ring (bicyclic) bond motifs is 1. The summed E-state index contributed by atoms with van der Waals surface area (Å²) in [5.41, 5.74) is 1.65. The van der Waals surface area contributed by atoms with E-state index >= 15 is 0 Å². The van der Waals surface area contributed by atoms with Crippen LogP contribution in [0.3, 0.4) is 0 Å². The lowest BCUT2D eigenvalue weighted by molar-refractivity contribution is -0.145. The molecule has 1 aliphatic rings. The van der Waals surface area contributed by atoms with Crippen molar-refractivity contribution in [3.63, 3.8) is 0 Å². The Morgan fingerprint density at radius 2 is 1.96 bits per heavy atom. The van der Waals surface area contributed by atoms with Crippen LogP contribution in [0.15, 0.2) is 42.6 Å². The first-order chi connectivity index (χ1) is 12.7. The molecule has 2 aromatic rings. The summed E-state index contributed by atoms with van der Waals surface area (Å²) >= 11 is 0. The third kappa shape index (κ3) is 3.65. The van der Waals surface area contributed by atoms with Crippen molar-refractivity contribution >= 4 is 17.6 Å². The van der Waals surface area contributed by atoms with Crippen LogP contribution in [0.5, 0.6) is 0 Å². The van der Waals surface area contributed by atoms with Gasteiger partial charge in [0.05, 0.1) is 18.8 Å². The van der Waals surface area contributed by atoms with Crippen molar-refractivity contribution in [2.75, 3.05) is 24.6 Å². The Bertz CT molecular complexity index is 769. The van der Waals surface area contributed by atoms with Gasteiger partial charge < -0.3 is 18.9 Å². The van der Waals surface area contributed by atoms with Gasteiger partial charge in [-0.25, -0.2) is 0 Å². The van der Waals surface area contributed by atoms with E-state index in [4.69, 9.17) is 9.47 Å². The number of rotatable bonds is 7. The molecule has 0 spiro atoms. The Hall–Kier alpha value is -2.60. The Kier molecular flexibility index (Phi) is 5.73. The Morgan fingerprint density at radius 1 is 1.19 bits per heavy atom. The predicted molar refractivity (Wildman–Crippen MR) is 98.0 cm³/mol. The van der Waals surface area contributed by atoms with Crippen molar-refractivity contribution < 1.29 is 19.1 Å². The molecular formula is C20H24N2O4. The largest absolute Gasteiger partial charge is 0.465 e. The first kappa shape index (κ1) is 18.2. The summed E-state index contributed by atoms with van der Waals surface area (Å²) < 4.78 is 12.8. The Morgan fingerprint density at radius 3 is 2.65 bits per heavy atom. The zero-order chi connectivity index (χ0) is 18.5. The minimum Gasteiger partial charge on any atom is -0.465 e. The SMILES string of the molecule is CCOC(=O)C1CN(CC)c2c(ccn2COCc2ccccc2)C1=O. The molecular weight excluding hydrogens is 332 g/mol. The number of nitrogens with zero attached hydrogens (tertiary/aromatic N) is 2. The van der Waals surface area contributed by atoms with Crippen molar-refractivity contribution in [2.45, 2.75) is 27.2 Å². The van der Waals surface area contributed by atoms with Crippen LogP contribution in [-0.4, -0.2) is 36.0 Å². The summed E-state index contributed by atoms with van der Waals surface area (Å²) in [6.45, 7) is 5.90. The van der Waals surface area contributed by atoms with Crippen molar-refractivity contribution in [2.24, 2.45) is 5.92 Å². The van der Waals surface area contributed by atoms with E-state index in [1.54, 1.807) is 13.0 Å². The topological polar surface area (TPSA) is 60.8 Å². The average molecular weight is 356 g/mol. The molecule has 0 radical (unpaired) electrons. The molecule has 0 N–H and O–H groups in total. The highest BCUT2D eigenvalue weighted by atomic mass is 16.5. The van der Waals surface area contributed by atoms with Crippen LogP contribution in [0.25, 0.3) is 0 Å². The summed E-state index contributed by atoms with van der Waals surface area (Å²) in [4.78, 5) is 26.9. The molecule has 1 aromatic heterocycles. The van der Waals surface area contributed by atoms with E-state index < -0.39 is 11.9 Å². The zero-order valence-electron chi connectivity index (χ0n) is 15.2. The number of ketones is 1. The maximum atomic E-state index is 12.7. The zero-order valence-corrected chi connectivity index (χ0v) is 15.2. The fraction of sp³-hybridized carbons (Fsp3) is 0.400. The second-order valence-electron chi connectivity index (χ2n) is 6.19. The van der Waals surface area contributed by atoms with Gasteiger partial charge in [0.2, 0.25) is 0 Å². The van der Waals surface area contributed by atoms with E-state index in [2.05, 4.69) is 0 Å². The number of Topliss-reactive ketones (excluding diaryl/α,β-unsaturated/α-hetero) is 1. The van der Waals surface area contributed by atoms with E-state index in [0.717, 1.165) is 11.4 Å². The van der Waals surface area contributed by atoms with Gasteiger partial charge in [0.1, 0.15) is 18.5 Å². The number of esters is 1. The van der Waals surface area contributed by atoms with Crippen LogP contribution in [0.4, 0.5) is 5.82 Å². The highest BCUT2D eigenvalue weighted by molar-refractivity contribution is 6.13. The van der Waals surface area contributed by atoms with Crippen molar-refractivity contribution in [1.29, 1.82) is 0 Å². The number of aromatic nitrogens is 1. The summed E-state index contributed by atoms with van der Waals surface area (Å²) in [6.07, 6.45) is 1.84. The second-order valence-corrected chi connectivity index (χ2v) is 6.19. The molecule has 6 nitrogen and oxygen atoms in total.